The van der Waals surface area contributed by atoms with Gasteiger partial charge in [-0.25, -0.2) is 16.8 Å². The normalized spacial score (nSPS) is 20.4. The van der Waals surface area contributed by atoms with Crippen LogP contribution in [0.15, 0.2) is 0 Å². The number of aliphatic hydroxyl groups excluding tert-OH is 1. The van der Waals surface area contributed by atoms with Crippen LogP contribution in [0.5, 0.6) is 0 Å². The monoisotopic (exact) mass is 550 g/mol. The Kier molecular flexibility index (Phi) is 9.87. The van der Waals surface area contributed by atoms with Crippen molar-refractivity contribution in [3.05, 3.63) is 0 Å². The molecule has 0 radical (unpaired) electrons. The highest BCUT2D eigenvalue weighted by Gasteiger charge is 2.52. The number of rotatable bonds is 16. The zero-order valence-electron chi connectivity index (χ0n) is 24.5. The van der Waals surface area contributed by atoms with Crippen LogP contribution in [0.2, 0.25) is 0 Å². The van der Waals surface area contributed by atoms with Crippen LogP contribution in [0, 0.1) is 16.7 Å². The predicted molar refractivity (Wildman–Crippen MR) is 149 cm³/mol. The summed E-state index contributed by atoms with van der Waals surface area (Å²) < 4.78 is 57.0. The van der Waals surface area contributed by atoms with E-state index in [1.165, 1.54) is 0 Å². The molecule has 7 nitrogen and oxygen atoms in total. The molecule has 0 spiro atoms. The van der Waals surface area contributed by atoms with Crippen LogP contribution in [-0.4, -0.2) is 71.8 Å². The first-order valence-electron chi connectivity index (χ1n) is 13.9. The van der Waals surface area contributed by atoms with Crippen molar-refractivity contribution in [3.63, 3.8) is 0 Å². The van der Waals surface area contributed by atoms with Crippen molar-refractivity contribution in [1.82, 2.24) is 8.61 Å². The molecule has 2 atom stereocenters. The quantitative estimate of drug-likeness (QED) is 0.292. The van der Waals surface area contributed by atoms with E-state index in [4.69, 9.17) is 0 Å². The second-order valence-electron chi connectivity index (χ2n) is 13.6. The minimum Gasteiger partial charge on any atom is -0.395 e. The second-order valence-corrected chi connectivity index (χ2v) is 18.6. The summed E-state index contributed by atoms with van der Waals surface area (Å²) in [6, 6.07) is -0.751. The fourth-order valence-corrected chi connectivity index (χ4v) is 8.71. The molecule has 0 unspecified atom stereocenters. The molecule has 2 aliphatic rings. The van der Waals surface area contributed by atoms with Gasteiger partial charge in [0.2, 0.25) is 20.0 Å². The van der Waals surface area contributed by atoms with Crippen LogP contribution in [0.4, 0.5) is 0 Å². The van der Waals surface area contributed by atoms with Crippen molar-refractivity contribution < 1.29 is 21.9 Å². The summed E-state index contributed by atoms with van der Waals surface area (Å²) >= 11 is 0. The SMILES string of the molecule is CCC(C)(C)[C@H](CO)N(C1CC1)S(=O)(=O)C(C)(C)CCC(C)(C)[C@@H](C)N(CC1CC1)S(=O)(=O)C(C)C. The van der Waals surface area contributed by atoms with Crippen LogP contribution in [0.3, 0.4) is 0 Å². The summed E-state index contributed by atoms with van der Waals surface area (Å²) in [5, 5.41) is 9.80. The number of hydrogen-bond donors (Lipinski definition) is 1. The van der Waals surface area contributed by atoms with Gasteiger partial charge in [0.1, 0.15) is 0 Å². The van der Waals surface area contributed by atoms with Gasteiger partial charge in [0.05, 0.1) is 22.6 Å². The topological polar surface area (TPSA) is 95.0 Å². The van der Waals surface area contributed by atoms with Gasteiger partial charge in [-0.05, 0) is 96.3 Å². The van der Waals surface area contributed by atoms with Crippen LogP contribution in [0.25, 0.3) is 0 Å². The molecule has 0 amide bonds. The lowest BCUT2D eigenvalue weighted by atomic mass is 9.79. The maximum atomic E-state index is 14.1. The van der Waals surface area contributed by atoms with Crippen molar-refractivity contribution in [2.45, 2.75) is 142 Å². The van der Waals surface area contributed by atoms with Crippen LogP contribution in [0.1, 0.15) is 114 Å². The molecule has 0 heterocycles. The van der Waals surface area contributed by atoms with Gasteiger partial charge in [-0.2, -0.15) is 8.61 Å². The maximum Gasteiger partial charge on any atom is 0.219 e. The Hall–Kier alpha value is -0.220. The Bertz CT molecular complexity index is 949. The molecule has 36 heavy (non-hydrogen) atoms. The fraction of sp³-hybridized carbons (Fsp3) is 1.00. The van der Waals surface area contributed by atoms with E-state index in [9.17, 15) is 21.9 Å². The highest BCUT2D eigenvalue weighted by atomic mass is 32.2. The summed E-state index contributed by atoms with van der Waals surface area (Å²) in [6.45, 7) is 19.6. The molecule has 214 valence electrons. The summed E-state index contributed by atoms with van der Waals surface area (Å²) in [7, 11) is -7.15. The van der Waals surface area contributed by atoms with Gasteiger partial charge in [0.15, 0.2) is 0 Å². The molecule has 9 heteroatoms. The Morgan fingerprint density at radius 3 is 1.78 bits per heavy atom. The number of nitrogens with zero attached hydrogens (tertiary/aromatic N) is 2. The smallest absolute Gasteiger partial charge is 0.219 e. The third kappa shape index (κ3) is 6.85. The van der Waals surface area contributed by atoms with E-state index < -0.39 is 41.5 Å². The minimum atomic E-state index is -3.72. The Labute approximate surface area is 222 Å². The zero-order valence-corrected chi connectivity index (χ0v) is 26.2. The molecule has 2 rings (SSSR count). The summed E-state index contributed by atoms with van der Waals surface area (Å²) in [5.41, 5.74) is -0.754. The van der Waals surface area contributed by atoms with Crippen LogP contribution >= 0.6 is 0 Å². The molecule has 2 aliphatic carbocycles. The first-order valence-corrected chi connectivity index (χ1v) is 16.8. The molecule has 0 bridgehead atoms. The lowest BCUT2D eigenvalue weighted by molar-refractivity contribution is 0.0807. The molecule has 1 N–H and O–H groups in total. The molecule has 0 saturated heterocycles. The largest absolute Gasteiger partial charge is 0.395 e. The van der Waals surface area contributed by atoms with E-state index in [1.807, 2.05) is 27.7 Å². The average Bonchev–Trinajstić information content (AvgIpc) is 3.68. The lowest BCUT2D eigenvalue weighted by Crippen LogP contribution is -2.56. The molecule has 2 saturated carbocycles. The van der Waals surface area contributed by atoms with Crippen molar-refractivity contribution in [1.29, 1.82) is 0 Å². The van der Waals surface area contributed by atoms with Gasteiger partial charge in [0.25, 0.3) is 0 Å². The Morgan fingerprint density at radius 1 is 0.861 bits per heavy atom. The van der Waals surface area contributed by atoms with Crippen molar-refractivity contribution in [2.75, 3.05) is 13.2 Å². The lowest BCUT2D eigenvalue weighted by Gasteiger charge is -2.45. The van der Waals surface area contributed by atoms with E-state index in [-0.39, 0.29) is 24.1 Å². The van der Waals surface area contributed by atoms with Gasteiger partial charge in [-0.3, -0.25) is 0 Å². The van der Waals surface area contributed by atoms with E-state index >= 15 is 0 Å². The highest BCUT2D eigenvalue weighted by molar-refractivity contribution is 7.90. The van der Waals surface area contributed by atoms with Gasteiger partial charge in [-0.15, -0.1) is 0 Å². The Morgan fingerprint density at radius 2 is 1.39 bits per heavy atom. The molecule has 0 aromatic carbocycles. The van der Waals surface area contributed by atoms with E-state index in [0.29, 0.717) is 25.3 Å². The molecular formula is C27H54N2O5S2. The minimum absolute atomic E-state index is 0.0469. The standard InChI is InChI=1S/C27H54N2O5S2/c1-11-25(5,6)24(19-30)29(23-14-15-23)36(33,34)27(9,10)17-16-26(7,8)21(4)28(18-22-12-13-22)35(31,32)20(2)3/h20-24,30H,11-19H2,1-10H3/t21-,24+/m1/s1. The molecule has 0 aliphatic heterocycles. The van der Waals surface area contributed by atoms with E-state index in [2.05, 4.69) is 13.8 Å². The van der Waals surface area contributed by atoms with Crippen molar-refractivity contribution in [2.24, 2.45) is 16.7 Å². The number of sulfonamides is 2. The molecule has 0 aromatic rings. The first-order chi connectivity index (χ1) is 16.3. The summed E-state index contributed by atoms with van der Waals surface area (Å²) in [5.74, 6) is 0.429. The number of aliphatic hydroxyl groups is 1. The molecular weight excluding hydrogens is 496 g/mol. The number of hydrogen-bond acceptors (Lipinski definition) is 5. The van der Waals surface area contributed by atoms with E-state index in [1.54, 1.807) is 36.3 Å². The maximum absolute atomic E-state index is 14.1. The van der Waals surface area contributed by atoms with Gasteiger partial charge in [-0.1, -0.05) is 34.6 Å². The molecule has 0 aromatic heterocycles. The van der Waals surface area contributed by atoms with Crippen LogP contribution in [-0.2, 0) is 20.0 Å². The highest BCUT2D eigenvalue weighted by Crippen LogP contribution is 2.44. The fourth-order valence-electron chi connectivity index (χ4n) is 4.80. The van der Waals surface area contributed by atoms with Crippen LogP contribution < -0.4 is 0 Å². The third-order valence-electron chi connectivity index (χ3n) is 9.17. The second kappa shape index (κ2) is 11.1. The summed E-state index contributed by atoms with van der Waals surface area (Å²) in [6.07, 6.45) is 5.56. The first kappa shape index (κ1) is 32.0. The van der Waals surface area contributed by atoms with Gasteiger partial charge < -0.3 is 5.11 Å². The van der Waals surface area contributed by atoms with Gasteiger partial charge in [0, 0.05) is 18.6 Å². The zero-order chi connectivity index (χ0) is 27.9. The van der Waals surface area contributed by atoms with Gasteiger partial charge >= 0.3 is 0 Å². The summed E-state index contributed by atoms with van der Waals surface area (Å²) in [4.78, 5) is 0. The molecule has 2 fully saturated rings. The Balaban J connectivity index is 2.28. The predicted octanol–water partition coefficient (Wildman–Crippen LogP) is 5.00. The van der Waals surface area contributed by atoms with Crippen molar-refractivity contribution in [3.8, 4) is 0 Å². The average molecular weight is 551 g/mol. The van der Waals surface area contributed by atoms with E-state index in [0.717, 1.165) is 32.1 Å². The van der Waals surface area contributed by atoms with Crippen molar-refractivity contribution >= 4 is 20.0 Å². The third-order valence-corrected chi connectivity index (χ3v) is 14.2.